The molecule has 0 bridgehead atoms. The molecule has 1 aromatic carbocycles. The second-order valence-corrected chi connectivity index (χ2v) is 5.72. The topological polar surface area (TPSA) is 71.7 Å². The van der Waals surface area contributed by atoms with E-state index in [0.717, 1.165) is 29.2 Å². The van der Waals surface area contributed by atoms with Gasteiger partial charge in [-0.2, -0.15) is 0 Å². The van der Waals surface area contributed by atoms with Crippen molar-refractivity contribution in [2.24, 2.45) is 4.99 Å². The number of rotatable bonds is 6. The van der Waals surface area contributed by atoms with Gasteiger partial charge in [-0.3, -0.25) is 4.99 Å². The Balaban J connectivity index is 0.00000312. The SMILES string of the molecule is CN=C(NCCc1ccc(OC)cc1Cl)NCc1nc(C)c(C)o1.I. The number of oxazole rings is 1. The van der Waals surface area contributed by atoms with Crippen molar-refractivity contribution in [3.05, 3.63) is 46.1 Å². The number of guanidine groups is 1. The van der Waals surface area contributed by atoms with E-state index in [4.69, 9.17) is 20.8 Å². The number of hydrogen-bond acceptors (Lipinski definition) is 4. The van der Waals surface area contributed by atoms with Crippen LogP contribution in [-0.4, -0.2) is 31.6 Å². The third-order valence-electron chi connectivity index (χ3n) is 3.65. The summed E-state index contributed by atoms with van der Waals surface area (Å²) < 4.78 is 10.7. The summed E-state index contributed by atoms with van der Waals surface area (Å²) in [6, 6.07) is 5.69. The van der Waals surface area contributed by atoms with Crippen LogP contribution in [-0.2, 0) is 13.0 Å². The largest absolute Gasteiger partial charge is 0.497 e. The van der Waals surface area contributed by atoms with E-state index in [1.807, 2.05) is 32.0 Å². The van der Waals surface area contributed by atoms with Crippen LogP contribution in [0.1, 0.15) is 22.9 Å². The van der Waals surface area contributed by atoms with E-state index < -0.39 is 0 Å². The summed E-state index contributed by atoms with van der Waals surface area (Å²) in [6.45, 7) is 5.01. The van der Waals surface area contributed by atoms with Gasteiger partial charge in [0.1, 0.15) is 11.5 Å². The smallest absolute Gasteiger partial charge is 0.214 e. The van der Waals surface area contributed by atoms with Crippen LogP contribution in [0.25, 0.3) is 0 Å². The first-order valence-corrected chi connectivity index (χ1v) is 8.11. The van der Waals surface area contributed by atoms with Gasteiger partial charge in [0, 0.05) is 18.6 Å². The number of benzene rings is 1. The van der Waals surface area contributed by atoms with E-state index in [0.29, 0.717) is 30.0 Å². The van der Waals surface area contributed by atoms with Gasteiger partial charge in [0.2, 0.25) is 5.89 Å². The number of hydrogen-bond donors (Lipinski definition) is 2. The fourth-order valence-corrected chi connectivity index (χ4v) is 2.43. The molecule has 1 aromatic heterocycles. The number of aliphatic imine (C=N–C) groups is 1. The molecule has 0 spiro atoms. The quantitative estimate of drug-likeness (QED) is 0.378. The summed E-state index contributed by atoms with van der Waals surface area (Å²) >= 11 is 6.24. The van der Waals surface area contributed by atoms with Crippen molar-refractivity contribution in [1.82, 2.24) is 15.6 Å². The van der Waals surface area contributed by atoms with E-state index in [9.17, 15) is 0 Å². The molecule has 6 nitrogen and oxygen atoms in total. The van der Waals surface area contributed by atoms with Crippen LogP contribution < -0.4 is 15.4 Å². The average molecular weight is 479 g/mol. The maximum Gasteiger partial charge on any atom is 0.214 e. The Morgan fingerprint density at radius 1 is 1.32 bits per heavy atom. The van der Waals surface area contributed by atoms with Gasteiger partial charge in [-0.25, -0.2) is 4.98 Å². The Hall–Kier alpha value is -1.48. The van der Waals surface area contributed by atoms with Crippen LogP contribution in [0.3, 0.4) is 0 Å². The van der Waals surface area contributed by atoms with Crippen LogP contribution in [0.2, 0.25) is 5.02 Å². The molecule has 0 radical (unpaired) electrons. The van der Waals surface area contributed by atoms with Gasteiger partial charge in [0.25, 0.3) is 0 Å². The van der Waals surface area contributed by atoms with Crippen LogP contribution in [0, 0.1) is 13.8 Å². The summed E-state index contributed by atoms with van der Waals surface area (Å²) in [5.74, 6) is 2.92. The molecule has 0 amide bonds. The normalized spacial score (nSPS) is 11.0. The first kappa shape index (κ1) is 21.6. The van der Waals surface area contributed by atoms with Crippen LogP contribution >= 0.6 is 35.6 Å². The molecule has 0 aliphatic carbocycles. The Morgan fingerprint density at radius 3 is 2.64 bits per heavy atom. The molecule has 0 fully saturated rings. The highest BCUT2D eigenvalue weighted by Crippen LogP contribution is 2.22. The molecule has 0 saturated carbocycles. The molecule has 0 unspecified atom stereocenters. The molecule has 2 rings (SSSR count). The average Bonchev–Trinajstić information content (AvgIpc) is 2.90. The Kier molecular flexibility index (Phi) is 9.05. The van der Waals surface area contributed by atoms with Crippen molar-refractivity contribution >= 4 is 41.5 Å². The number of nitrogens with one attached hydrogen (secondary N) is 2. The molecule has 0 atom stereocenters. The molecular weight excluding hydrogens is 455 g/mol. The van der Waals surface area contributed by atoms with E-state index in [-0.39, 0.29) is 24.0 Å². The third kappa shape index (κ3) is 6.39. The second-order valence-electron chi connectivity index (χ2n) is 5.31. The minimum absolute atomic E-state index is 0. The monoisotopic (exact) mass is 478 g/mol. The van der Waals surface area contributed by atoms with E-state index >= 15 is 0 Å². The lowest BCUT2D eigenvalue weighted by Gasteiger charge is -2.11. The molecule has 1 heterocycles. The minimum atomic E-state index is 0. The number of ether oxygens (including phenoxy) is 1. The number of nitrogens with zero attached hydrogens (tertiary/aromatic N) is 2. The lowest BCUT2D eigenvalue weighted by Crippen LogP contribution is -2.37. The van der Waals surface area contributed by atoms with Crippen LogP contribution in [0.15, 0.2) is 27.6 Å². The van der Waals surface area contributed by atoms with Gasteiger partial charge in [-0.05, 0) is 38.0 Å². The maximum atomic E-state index is 6.24. The van der Waals surface area contributed by atoms with E-state index in [1.165, 1.54) is 0 Å². The van der Waals surface area contributed by atoms with Gasteiger partial charge >= 0.3 is 0 Å². The molecule has 2 aromatic rings. The van der Waals surface area contributed by atoms with Gasteiger partial charge in [-0.1, -0.05) is 17.7 Å². The fraction of sp³-hybridized carbons (Fsp3) is 0.412. The summed E-state index contributed by atoms with van der Waals surface area (Å²) in [5.41, 5.74) is 1.96. The lowest BCUT2D eigenvalue weighted by molar-refractivity contribution is 0.414. The molecule has 0 aliphatic rings. The van der Waals surface area contributed by atoms with Gasteiger partial charge < -0.3 is 19.8 Å². The van der Waals surface area contributed by atoms with Gasteiger partial charge in [0.05, 0.1) is 19.3 Å². The van der Waals surface area contributed by atoms with Crippen molar-refractivity contribution in [3.8, 4) is 5.75 Å². The highest BCUT2D eigenvalue weighted by Gasteiger charge is 2.07. The van der Waals surface area contributed by atoms with Crippen molar-refractivity contribution < 1.29 is 9.15 Å². The number of aromatic nitrogens is 1. The molecule has 138 valence electrons. The summed E-state index contributed by atoms with van der Waals surface area (Å²) in [7, 11) is 3.35. The standard InChI is InChI=1S/C17H23ClN4O2.HI/c1-11-12(2)24-16(22-11)10-21-17(19-3)20-8-7-13-5-6-14(23-4)9-15(13)18;/h5-6,9H,7-8,10H2,1-4H3,(H2,19,20,21);1H. The number of aryl methyl sites for hydroxylation is 2. The Labute approximate surface area is 170 Å². The predicted molar refractivity (Wildman–Crippen MR) is 111 cm³/mol. The highest BCUT2D eigenvalue weighted by molar-refractivity contribution is 14.0. The zero-order valence-corrected chi connectivity index (χ0v) is 17.9. The number of methoxy groups -OCH3 is 1. The van der Waals surface area contributed by atoms with Crippen molar-refractivity contribution in [1.29, 1.82) is 0 Å². The van der Waals surface area contributed by atoms with E-state index in [2.05, 4.69) is 20.6 Å². The van der Waals surface area contributed by atoms with E-state index in [1.54, 1.807) is 14.2 Å². The predicted octanol–water partition coefficient (Wildman–Crippen LogP) is 3.48. The van der Waals surface area contributed by atoms with Gasteiger partial charge in [-0.15, -0.1) is 24.0 Å². The first-order valence-electron chi connectivity index (χ1n) is 7.73. The van der Waals surface area contributed by atoms with Gasteiger partial charge in [0.15, 0.2) is 5.96 Å². The first-order chi connectivity index (χ1) is 11.5. The lowest BCUT2D eigenvalue weighted by atomic mass is 10.1. The molecule has 8 heteroatoms. The number of halogens is 2. The molecule has 25 heavy (non-hydrogen) atoms. The molecule has 0 saturated heterocycles. The Morgan fingerprint density at radius 2 is 2.08 bits per heavy atom. The van der Waals surface area contributed by atoms with Crippen molar-refractivity contribution in [3.63, 3.8) is 0 Å². The zero-order chi connectivity index (χ0) is 17.5. The molecular formula is C17H24ClIN4O2. The Bertz CT molecular complexity index is 699. The minimum Gasteiger partial charge on any atom is -0.497 e. The molecule has 0 aliphatic heterocycles. The summed E-state index contributed by atoms with van der Waals surface area (Å²) in [5, 5.41) is 7.12. The second kappa shape index (κ2) is 10.5. The fourth-order valence-electron chi connectivity index (χ4n) is 2.17. The summed E-state index contributed by atoms with van der Waals surface area (Å²) in [4.78, 5) is 8.52. The maximum absolute atomic E-state index is 6.24. The van der Waals surface area contributed by atoms with Crippen molar-refractivity contribution in [2.45, 2.75) is 26.8 Å². The zero-order valence-electron chi connectivity index (χ0n) is 14.9. The molecule has 2 N–H and O–H groups in total. The van der Waals surface area contributed by atoms with Crippen LogP contribution in [0.5, 0.6) is 5.75 Å². The van der Waals surface area contributed by atoms with Crippen molar-refractivity contribution in [2.75, 3.05) is 20.7 Å². The highest BCUT2D eigenvalue weighted by atomic mass is 127. The van der Waals surface area contributed by atoms with Crippen LogP contribution in [0.4, 0.5) is 0 Å². The summed E-state index contributed by atoms with van der Waals surface area (Å²) in [6.07, 6.45) is 0.779. The third-order valence-corrected chi connectivity index (χ3v) is 4.00.